The summed E-state index contributed by atoms with van der Waals surface area (Å²) in [6.45, 7) is 0. The van der Waals surface area contributed by atoms with E-state index in [0.717, 1.165) is 5.56 Å². The van der Waals surface area contributed by atoms with Gasteiger partial charge in [-0.3, -0.25) is 0 Å². The molecule has 0 amide bonds. The number of hydrogen-bond donors (Lipinski definition) is 1. The molecule has 24 heavy (non-hydrogen) atoms. The van der Waals surface area contributed by atoms with Crippen molar-refractivity contribution in [2.75, 3.05) is 7.11 Å². The summed E-state index contributed by atoms with van der Waals surface area (Å²) in [7, 11) is 1.54. The van der Waals surface area contributed by atoms with E-state index in [1.54, 1.807) is 25.3 Å². The molecule has 2 aromatic carbocycles. The third kappa shape index (κ3) is 2.64. The molecule has 0 saturated heterocycles. The number of methoxy groups -OCH3 is 1. The molecule has 1 aliphatic rings. The van der Waals surface area contributed by atoms with Crippen LogP contribution >= 0.6 is 0 Å². The second-order valence-electron chi connectivity index (χ2n) is 6.27. The lowest BCUT2D eigenvalue weighted by Crippen LogP contribution is -2.08. The molecule has 0 radical (unpaired) electrons. The van der Waals surface area contributed by atoms with Gasteiger partial charge in [-0.2, -0.15) is 0 Å². The molecule has 0 aliphatic heterocycles. The molecule has 0 spiro atoms. The van der Waals surface area contributed by atoms with E-state index >= 15 is 0 Å². The van der Waals surface area contributed by atoms with Crippen LogP contribution in [0.15, 0.2) is 51.7 Å². The first-order chi connectivity index (χ1) is 11.7. The largest absolute Gasteiger partial charge is 0.507 e. The van der Waals surface area contributed by atoms with Gasteiger partial charge in [0.1, 0.15) is 17.1 Å². The van der Waals surface area contributed by atoms with Gasteiger partial charge < -0.3 is 14.3 Å². The van der Waals surface area contributed by atoms with Crippen LogP contribution in [0.5, 0.6) is 11.5 Å². The van der Waals surface area contributed by atoms with E-state index in [1.165, 1.54) is 18.4 Å². The maximum Gasteiger partial charge on any atom is 0.343 e. The summed E-state index contributed by atoms with van der Waals surface area (Å²) < 4.78 is 10.5. The number of aromatic hydroxyl groups is 1. The van der Waals surface area contributed by atoms with Crippen LogP contribution in [0.2, 0.25) is 0 Å². The minimum atomic E-state index is -0.509. The average molecular weight is 322 g/mol. The van der Waals surface area contributed by atoms with Gasteiger partial charge >= 0.3 is 5.63 Å². The van der Waals surface area contributed by atoms with Gasteiger partial charge in [-0.15, -0.1) is 0 Å². The van der Waals surface area contributed by atoms with Gasteiger partial charge in [-0.25, -0.2) is 4.79 Å². The molecule has 0 unspecified atom stereocenters. The Morgan fingerprint density at radius 3 is 2.79 bits per heavy atom. The Morgan fingerprint density at radius 1 is 1.21 bits per heavy atom. The number of ether oxygens (including phenoxy) is 1. The van der Waals surface area contributed by atoms with Crippen LogP contribution in [0.1, 0.15) is 35.4 Å². The summed E-state index contributed by atoms with van der Waals surface area (Å²) in [6.07, 6.45) is 2.82. The Labute approximate surface area is 139 Å². The Morgan fingerprint density at radius 2 is 2.04 bits per heavy atom. The van der Waals surface area contributed by atoms with Crippen LogP contribution in [-0.4, -0.2) is 12.2 Å². The highest BCUT2D eigenvalue weighted by Crippen LogP contribution is 2.40. The van der Waals surface area contributed by atoms with Gasteiger partial charge in [0.05, 0.1) is 18.1 Å². The summed E-state index contributed by atoms with van der Waals surface area (Å²) in [5, 5.41) is 11.1. The second-order valence-corrected chi connectivity index (χ2v) is 6.27. The Hall–Kier alpha value is -2.75. The zero-order valence-electron chi connectivity index (χ0n) is 13.4. The van der Waals surface area contributed by atoms with Crippen molar-refractivity contribution in [3.8, 4) is 11.5 Å². The number of hydrogen-bond acceptors (Lipinski definition) is 4. The molecule has 122 valence electrons. The second kappa shape index (κ2) is 5.71. The van der Waals surface area contributed by atoms with E-state index in [1.807, 2.05) is 12.1 Å². The number of benzene rings is 2. The topological polar surface area (TPSA) is 59.7 Å². The monoisotopic (exact) mass is 322 g/mol. The molecule has 1 fully saturated rings. The van der Waals surface area contributed by atoms with Crippen LogP contribution in [0.4, 0.5) is 0 Å². The third-order valence-corrected chi connectivity index (χ3v) is 4.56. The van der Waals surface area contributed by atoms with Crippen molar-refractivity contribution in [3.63, 3.8) is 0 Å². The van der Waals surface area contributed by atoms with Crippen molar-refractivity contribution >= 4 is 11.0 Å². The predicted octanol–water partition coefficient (Wildman–Crippen LogP) is 3.98. The first kappa shape index (κ1) is 14.8. The molecule has 1 N–H and O–H groups in total. The maximum atomic E-state index is 12.3. The molecule has 4 nitrogen and oxygen atoms in total. The highest BCUT2D eigenvalue weighted by Gasteiger charge is 2.23. The minimum absolute atomic E-state index is 0.0132. The van der Waals surface area contributed by atoms with Crippen molar-refractivity contribution < 1.29 is 14.3 Å². The van der Waals surface area contributed by atoms with E-state index in [2.05, 4.69) is 12.1 Å². The molecule has 1 aromatic heterocycles. The molecule has 1 saturated carbocycles. The van der Waals surface area contributed by atoms with E-state index in [9.17, 15) is 9.90 Å². The summed E-state index contributed by atoms with van der Waals surface area (Å²) in [5.41, 5.74) is 2.43. The molecular formula is C20H18O4. The molecular weight excluding hydrogens is 304 g/mol. The molecule has 0 atom stereocenters. The van der Waals surface area contributed by atoms with Gasteiger partial charge in [0, 0.05) is 12.5 Å². The molecule has 4 heteroatoms. The van der Waals surface area contributed by atoms with Gasteiger partial charge in [-0.1, -0.05) is 24.3 Å². The fourth-order valence-corrected chi connectivity index (χ4v) is 3.06. The van der Waals surface area contributed by atoms with Crippen LogP contribution in [0.25, 0.3) is 11.0 Å². The molecule has 1 heterocycles. The average Bonchev–Trinajstić information content (AvgIpc) is 3.43. The zero-order valence-corrected chi connectivity index (χ0v) is 13.4. The van der Waals surface area contributed by atoms with Gasteiger partial charge in [0.25, 0.3) is 0 Å². The predicted molar refractivity (Wildman–Crippen MR) is 91.9 cm³/mol. The highest BCUT2D eigenvalue weighted by molar-refractivity contribution is 5.85. The van der Waals surface area contributed by atoms with Crippen molar-refractivity contribution in [1.82, 2.24) is 0 Å². The van der Waals surface area contributed by atoms with Crippen LogP contribution in [0.3, 0.4) is 0 Å². The van der Waals surface area contributed by atoms with Gasteiger partial charge in [-0.05, 0) is 42.0 Å². The van der Waals surface area contributed by atoms with E-state index in [-0.39, 0.29) is 5.75 Å². The van der Waals surface area contributed by atoms with E-state index < -0.39 is 5.63 Å². The van der Waals surface area contributed by atoms with Crippen LogP contribution < -0.4 is 10.4 Å². The molecule has 4 rings (SSSR count). The Balaban J connectivity index is 1.76. The lowest BCUT2D eigenvalue weighted by molar-refractivity contribution is 0.413. The van der Waals surface area contributed by atoms with Gasteiger partial charge in [0.2, 0.25) is 0 Å². The fraction of sp³-hybridized carbons (Fsp3) is 0.250. The lowest BCUT2D eigenvalue weighted by Gasteiger charge is -2.08. The summed E-state index contributed by atoms with van der Waals surface area (Å²) in [5.74, 6) is 1.22. The SMILES string of the molecule is COc1ccc2c(O)c(Cc3cccc(C4CC4)c3)c(=O)oc2c1. The quantitative estimate of drug-likeness (QED) is 0.738. The Bertz CT molecular complexity index is 967. The molecule has 0 bridgehead atoms. The number of fused-ring (bicyclic) bond motifs is 1. The van der Waals surface area contributed by atoms with Crippen molar-refractivity contribution in [2.24, 2.45) is 0 Å². The van der Waals surface area contributed by atoms with Crippen molar-refractivity contribution in [3.05, 3.63) is 69.6 Å². The summed E-state index contributed by atoms with van der Waals surface area (Å²) in [6, 6.07) is 13.3. The van der Waals surface area contributed by atoms with Crippen molar-refractivity contribution in [2.45, 2.75) is 25.2 Å². The molecule has 1 aliphatic carbocycles. The smallest absolute Gasteiger partial charge is 0.343 e. The third-order valence-electron chi connectivity index (χ3n) is 4.56. The minimum Gasteiger partial charge on any atom is -0.507 e. The van der Waals surface area contributed by atoms with E-state index in [0.29, 0.717) is 34.6 Å². The lowest BCUT2D eigenvalue weighted by atomic mass is 10.0. The maximum absolute atomic E-state index is 12.3. The van der Waals surface area contributed by atoms with Crippen LogP contribution in [0, 0.1) is 0 Å². The highest BCUT2D eigenvalue weighted by atomic mass is 16.5. The zero-order chi connectivity index (χ0) is 16.7. The summed E-state index contributed by atoms with van der Waals surface area (Å²) >= 11 is 0. The van der Waals surface area contributed by atoms with Crippen molar-refractivity contribution in [1.29, 1.82) is 0 Å². The van der Waals surface area contributed by atoms with E-state index in [4.69, 9.17) is 9.15 Å². The standard InChI is InChI=1S/C20H18O4/c1-23-15-7-8-16-18(11-15)24-20(22)17(19(16)21)10-12-3-2-4-14(9-12)13-5-6-13/h2-4,7-9,11,13,21H,5-6,10H2,1H3. The first-order valence-corrected chi connectivity index (χ1v) is 8.07. The molecule has 3 aromatic rings. The Kier molecular flexibility index (Phi) is 3.53. The summed E-state index contributed by atoms with van der Waals surface area (Å²) in [4.78, 5) is 12.3. The van der Waals surface area contributed by atoms with Gasteiger partial charge in [0.15, 0.2) is 0 Å². The number of rotatable bonds is 4. The fourth-order valence-electron chi connectivity index (χ4n) is 3.06. The van der Waals surface area contributed by atoms with Crippen LogP contribution in [-0.2, 0) is 6.42 Å². The normalized spacial score (nSPS) is 14.0. The first-order valence-electron chi connectivity index (χ1n) is 8.07.